The lowest BCUT2D eigenvalue weighted by atomic mass is 9.66. The summed E-state index contributed by atoms with van der Waals surface area (Å²) in [5.74, 6) is -2.65. The van der Waals surface area contributed by atoms with Crippen molar-refractivity contribution < 1.29 is 29.0 Å². The fourth-order valence-electron chi connectivity index (χ4n) is 6.64. The molecule has 2 bridgehead atoms. The van der Waals surface area contributed by atoms with Crippen LogP contribution in [0.1, 0.15) is 72.6 Å². The zero-order valence-corrected chi connectivity index (χ0v) is 23.1. The largest absolute Gasteiger partial charge is 0.465 e. The number of carbonyl (C=O) groups is 3. The quantitative estimate of drug-likeness (QED) is 0.203. The number of esters is 1. The summed E-state index contributed by atoms with van der Waals surface area (Å²) in [5, 5.41) is 10.3. The fourth-order valence-corrected chi connectivity index (χ4v) is 6.64. The number of carbonyl (C=O) groups excluding carboxylic acids is 3. The van der Waals surface area contributed by atoms with Gasteiger partial charge in [-0.05, 0) is 44.9 Å². The minimum absolute atomic E-state index is 0.0930. The number of likely N-dealkylation sites (tertiary alicyclic amines) is 1. The molecule has 3 rings (SSSR count). The number of aliphatic hydroxyl groups excluding tert-OH is 1. The van der Waals surface area contributed by atoms with Crippen molar-refractivity contribution in [1.82, 2.24) is 9.80 Å². The third kappa shape index (κ3) is 5.24. The fraction of sp³-hybridized carbons (Fsp3) is 0.759. The Morgan fingerprint density at radius 3 is 2.57 bits per heavy atom. The Morgan fingerprint density at radius 2 is 1.97 bits per heavy atom. The summed E-state index contributed by atoms with van der Waals surface area (Å²) in [4.78, 5) is 45.2. The third-order valence-corrected chi connectivity index (χ3v) is 8.51. The minimum Gasteiger partial charge on any atom is -0.465 e. The van der Waals surface area contributed by atoms with Crippen molar-refractivity contribution in [3.63, 3.8) is 0 Å². The predicted octanol–water partition coefficient (Wildman–Crippen LogP) is 3.48. The van der Waals surface area contributed by atoms with Crippen LogP contribution in [0.5, 0.6) is 0 Å². The van der Waals surface area contributed by atoms with Gasteiger partial charge >= 0.3 is 5.97 Å². The molecule has 3 heterocycles. The zero-order valence-electron chi connectivity index (χ0n) is 23.1. The number of hydrogen-bond donors (Lipinski definition) is 1. The number of amides is 2. The lowest BCUT2D eigenvalue weighted by Crippen LogP contribution is -2.59. The van der Waals surface area contributed by atoms with Gasteiger partial charge in [0.05, 0.1) is 30.8 Å². The van der Waals surface area contributed by atoms with Crippen molar-refractivity contribution in [3.05, 3.63) is 25.3 Å². The first-order valence-electron chi connectivity index (χ1n) is 13.9. The monoisotopic (exact) mass is 518 g/mol. The second-order valence-corrected chi connectivity index (χ2v) is 11.3. The highest BCUT2D eigenvalue weighted by atomic mass is 16.6. The lowest BCUT2D eigenvalue weighted by Gasteiger charge is -2.40. The van der Waals surface area contributed by atoms with Crippen molar-refractivity contribution in [2.45, 2.75) is 95.9 Å². The second kappa shape index (κ2) is 12.1. The van der Waals surface area contributed by atoms with E-state index in [1.54, 1.807) is 22.0 Å². The van der Waals surface area contributed by atoms with Crippen molar-refractivity contribution in [3.8, 4) is 0 Å². The first kappa shape index (κ1) is 29.4. The first-order valence-corrected chi connectivity index (χ1v) is 13.9. The number of aliphatic hydroxyl groups is 1. The molecule has 8 heteroatoms. The molecule has 0 aromatic rings. The Balaban J connectivity index is 2.02. The molecule has 0 saturated carbocycles. The highest BCUT2D eigenvalue weighted by Gasteiger charge is 2.79. The van der Waals surface area contributed by atoms with Crippen molar-refractivity contribution >= 4 is 17.8 Å². The second-order valence-electron chi connectivity index (χ2n) is 11.3. The topological polar surface area (TPSA) is 96.4 Å². The van der Waals surface area contributed by atoms with Crippen LogP contribution < -0.4 is 0 Å². The molecule has 2 unspecified atom stereocenters. The summed E-state index contributed by atoms with van der Waals surface area (Å²) in [6, 6.07) is -1.48. The molecule has 6 atom stereocenters. The van der Waals surface area contributed by atoms with E-state index in [0.29, 0.717) is 32.4 Å². The molecular weight excluding hydrogens is 472 g/mol. The van der Waals surface area contributed by atoms with Gasteiger partial charge in [0.25, 0.3) is 0 Å². The van der Waals surface area contributed by atoms with Crippen LogP contribution in [0.3, 0.4) is 0 Å². The predicted molar refractivity (Wildman–Crippen MR) is 141 cm³/mol. The van der Waals surface area contributed by atoms with Gasteiger partial charge in [0.2, 0.25) is 11.8 Å². The molecule has 1 spiro atoms. The first-order chi connectivity index (χ1) is 17.6. The minimum atomic E-state index is -1.12. The van der Waals surface area contributed by atoms with Gasteiger partial charge in [-0.15, -0.1) is 13.2 Å². The number of unbranched alkanes of at least 4 members (excludes halogenated alkanes) is 3. The molecular formula is C29H46N2O6. The maximum absolute atomic E-state index is 14.3. The van der Waals surface area contributed by atoms with Gasteiger partial charge in [0.15, 0.2) is 0 Å². The van der Waals surface area contributed by atoms with E-state index >= 15 is 0 Å². The number of fused-ring (bicyclic) bond motifs is 1. The molecule has 2 amide bonds. The van der Waals surface area contributed by atoms with Crippen LogP contribution in [0.4, 0.5) is 0 Å². The van der Waals surface area contributed by atoms with Crippen LogP contribution in [0.15, 0.2) is 25.3 Å². The number of ether oxygens (including phenoxy) is 2. The summed E-state index contributed by atoms with van der Waals surface area (Å²) in [7, 11) is 0. The summed E-state index contributed by atoms with van der Waals surface area (Å²) in [5.41, 5.74) is -2.00. The van der Waals surface area contributed by atoms with Gasteiger partial charge in [0.1, 0.15) is 17.6 Å². The van der Waals surface area contributed by atoms with Crippen LogP contribution in [0.2, 0.25) is 0 Å². The SMILES string of the molecule is C=CCCCOC(=O)[C@H]1[C@H]2C(=O)N([C@@H](CO)C(C)C)C(C(=O)N(CC=C)CCCCC)C23CC[C@]1(C)O3. The number of allylic oxidation sites excluding steroid dienone is 1. The Hall–Kier alpha value is -2.19. The molecule has 0 aromatic heterocycles. The standard InChI is InChI=1S/C29H46N2O6/c1-7-10-12-17-30(16-9-3)26(34)24-29-15-14-28(6,37-29)23(27(35)36-18-13-11-8-2)22(29)25(33)31(24)21(19-32)20(4)5/h8-9,20-24,32H,2-3,7,10-19H2,1,4-6H3/t21-,22-,23+,24?,28-,29?/m0/s1. The molecule has 1 N–H and O–H groups in total. The van der Waals surface area contributed by atoms with E-state index in [9.17, 15) is 19.5 Å². The van der Waals surface area contributed by atoms with E-state index in [0.717, 1.165) is 25.7 Å². The molecule has 3 saturated heterocycles. The van der Waals surface area contributed by atoms with Gasteiger partial charge < -0.3 is 24.4 Å². The maximum atomic E-state index is 14.3. The summed E-state index contributed by atoms with van der Waals surface area (Å²) < 4.78 is 12.3. The van der Waals surface area contributed by atoms with Crippen molar-refractivity contribution in [2.75, 3.05) is 26.3 Å². The highest BCUT2D eigenvalue weighted by Crippen LogP contribution is 2.63. The Kier molecular flexibility index (Phi) is 9.62. The Morgan fingerprint density at radius 1 is 1.24 bits per heavy atom. The van der Waals surface area contributed by atoms with E-state index < -0.39 is 41.1 Å². The van der Waals surface area contributed by atoms with Gasteiger partial charge in [-0.3, -0.25) is 14.4 Å². The number of hydrogen-bond acceptors (Lipinski definition) is 6. The van der Waals surface area contributed by atoms with Crippen LogP contribution in [0, 0.1) is 17.8 Å². The third-order valence-electron chi connectivity index (χ3n) is 8.51. The van der Waals surface area contributed by atoms with Crippen LogP contribution >= 0.6 is 0 Å². The van der Waals surface area contributed by atoms with Crippen LogP contribution in [0.25, 0.3) is 0 Å². The smallest absolute Gasteiger partial charge is 0.312 e. The molecule has 0 aliphatic carbocycles. The molecule has 3 aliphatic heterocycles. The Bertz CT molecular complexity index is 874. The molecule has 3 fully saturated rings. The van der Waals surface area contributed by atoms with Gasteiger partial charge in [-0.2, -0.15) is 0 Å². The highest BCUT2D eigenvalue weighted by molar-refractivity contribution is 5.98. The molecule has 8 nitrogen and oxygen atoms in total. The average molecular weight is 519 g/mol. The maximum Gasteiger partial charge on any atom is 0.312 e. The van der Waals surface area contributed by atoms with Gasteiger partial charge in [0, 0.05) is 13.1 Å². The van der Waals surface area contributed by atoms with E-state index in [1.165, 1.54) is 0 Å². The van der Waals surface area contributed by atoms with Gasteiger partial charge in [-0.25, -0.2) is 0 Å². The zero-order chi connectivity index (χ0) is 27.4. The summed E-state index contributed by atoms with van der Waals surface area (Å²) in [6.07, 6.45) is 8.77. The van der Waals surface area contributed by atoms with Crippen molar-refractivity contribution in [1.29, 1.82) is 0 Å². The molecule has 208 valence electrons. The summed E-state index contributed by atoms with van der Waals surface area (Å²) in [6.45, 7) is 16.2. The molecule has 0 aromatic carbocycles. The van der Waals surface area contributed by atoms with Crippen LogP contribution in [-0.2, 0) is 23.9 Å². The summed E-state index contributed by atoms with van der Waals surface area (Å²) >= 11 is 0. The number of nitrogens with zero attached hydrogens (tertiary/aromatic N) is 2. The normalized spacial score (nSPS) is 30.9. The van der Waals surface area contributed by atoms with E-state index in [4.69, 9.17) is 9.47 Å². The van der Waals surface area contributed by atoms with Crippen LogP contribution in [-0.4, -0.2) is 82.3 Å². The molecule has 0 radical (unpaired) electrons. The van der Waals surface area contributed by atoms with E-state index in [2.05, 4.69) is 20.1 Å². The average Bonchev–Trinajstić information content (AvgIpc) is 3.42. The van der Waals surface area contributed by atoms with Crippen molar-refractivity contribution in [2.24, 2.45) is 17.8 Å². The van der Waals surface area contributed by atoms with E-state index in [1.807, 2.05) is 20.8 Å². The lowest BCUT2D eigenvalue weighted by molar-refractivity contribution is -0.162. The number of rotatable bonds is 15. The van der Waals surface area contributed by atoms with Gasteiger partial charge in [-0.1, -0.05) is 45.8 Å². The molecule has 37 heavy (non-hydrogen) atoms. The Labute approximate surface area is 222 Å². The molecule has 3 aliphatic rings. The van der Waals surface area contributed by atoms with E-state index in [-0.39, 0.29) is 30.9 Å².